The first-order valence-electron chi connectivity index (χ1n) is 5.04. The highest BCUT2D eigenvalue weighted by Gasteiger charge is 2.21. The fourth-order valence-corrected chi connectivity index (χ4v) is 1.82. The maximum absolute atomic E-state index is 11.2. The lowest BCUT2D eigenvalue weighted by Crippen LogP contribution is -2.45. The van der Waals surface area contributed by atoms with Crippen LogP contribution in [0.5, 0.6) is 0 Å². The van der Waals surface area contributed by atoms with Crippen LogP contribution in [-0.2, 0) is 4.79 Å². The molecule has 1 saturated heterocycles. The van der Waals surface area contributed by atoms with Crippen molar-refractivity contribution in [3.8, 4) is 0 Å². The number of carbonyl (C=O) groups is 2. The van der Waals surface area contributed by atoms with Gasteiger partial charge in [0.05, 0.1) is 6.54 Å². The molecule has 0 aromatic rings. The molecule has 4 N–H and O–H groups in total. The Morgan fingerprint density at radius 2 is 2.27 bits per heavy atom. The second-order valence-electron chi connectivity index (χ2n) is 3.84. The number of aliphatic hydroxyl groups is 1. The van der Waals surface area contributed by atoms with Crippen LogP contribution in [0.1, 0.15) is 12.8 Å². The molecule has 1 heterocycles. The van der Waals surface area contributed by atoms with Crippen LogP contribution in [0.2, 0.25) is 0 Å². The third-order valence-electron chi connectivity index (χ3n) is 2.49. The lowest BCUT2D eigenvalue weighted by atomic mass is 9.99. The van der Waals surface area contributed by atoms with Gasteiger partial charge in [-0.15, -0.1) is 0 Å². The smallest absolute Gasteiger partial charge is 0.318 e. The summed E-state index contributed by atoms with van der Waals surface area (Å²) >= 11 is 0. The zero-order valence-electron chi connectivity index (χ0n) is 8.61. The molecule has 1 unspecified atom stereocenters. The zero-order chi connectivity index (χ0) is 11.3. The molecule has 15 heavy (non-hydrogen) atoms. The number of amides is 3. The highest BCUT2D eigenvalue weighted by atomic mass is 16.3. The summed E-state index contributed by atoms with van der Waals surface area (Å²) in [4.78, 5) is 23.5. The number of rotatable bonds is 3. The minimum atomic E-state index is -0.823. The fourth-order valence-electron chi connectivity index (χ4n) is 1.82. The van der Waals surface area contributed by atoms with Crippen molar-refractivity contribution in [3.63, 3.8) is 0 Å². The molecule has 0 aliphatic carbocycles. The molecule has 1 rings (SSSR count). The first-order chi connectivity index (χ1) is 7.11. The molecule has 3 amide bonds. The fraction of sp³-hybridized carbons (Fsp3) is 0.778. The molecule has 6 nitrogen and oxygen atoms in total. The molecule has 0 bridgehead atoms. The summed E-state index contributed by atoms with van der Waals surface area (Å²) in [5.41, 5.74) is 4.82. The summed E-state index contributed by atoms with van der Waals surface area (Å²) in [6.07, 6.45) is 1.96. The van der Waals surface area contributed by atoms with Gasteiger partial charge in [-0.2, -0.15) is 0 Å². The number of urea groups is 1. The molecule has 6 heteroatoms. The van der Waals surface area contributed by atoms with Crippen LogP contribution >= 0.6 is 0 Å². The number of nitrogens with one attached hydrogen (secondary N) is 1. The van der Waals surface area contributed by atoms with Crippen LogP contribution in [0.4, 0.5) is 4.79 Å². The molecule has 0 spiro atoms. The van der Waals surface area contributed by atoms with E-state index in [4.69, 9.17) is 10.8 Å². The van der Waals surface area contributed by atoms with Crippen molar-refractivity contribution in [2.24, 2.45) is 11.7 Å². The van der Waals surface area contributed by atoms with Gasteiger partial charge in [-0.25, -0.2) is 4.79 Å². The van der Waals surface area contributed by atoms with Crippen LogP contribution in [-0.4, -0.2) is 48.2 Å². The summed E-state index contributed by atoms with van der Waals surface area (Å²) < 4.78 is 0. The number of aliphatic hydroxyl groups excluding tert-OH is 1. The summed E-state index contributed by atoms with van der Waals surface area (Å²) in [6.45, 7) is 1.83. The normalized spacial score (nSPS) is 22.3. The number of imide groups is 1. The number of piperidine rings is 1. The monoisotopic (exact) mass is 215 g/mol. The van der Waals surface area contributed by atoms with Gasteiger partial charge in [0.2, 0.25) is 5.91 Å². The van der Waals surface area contributed by atoms with E-state index in [9.17, 15) is 9.59 Å². The maximum atomic E-state index is 11.2. The summed E-state index contributed by atoms with van der Waals surface area (Å²) in [6, 6.07) is -0.823. The van der Waals surface area contributed by atoms with Crippen LogP contribution in [0, 0.1) is 5.92 Å². The number of hydrogen-bond donors (Lipinski definition) is 3. The number of likely N-dealkylation sites (tertiary alicyclic amines) is 1. The predicted octanol–water partition coefficient (Wildman–Crippen LogP) is -1.11. The average Bonchev–Trinajstić information content (AvgIpc) is 2.16. The first-order valence-corrected chi connectivity index (χ1v) is 5.04. The van der Waals surface area contributed by atoms with Crippen LogP contribution in [0.15, 0.2) is 0 Å². The maximum Gasteiger partial charge on any atom is 0.318 e. The summed E-state index contributed by atoms with van der Waals surface area (Å²) in [5.74, 6) is -0.152. The summed E-state index contributed by atoms with van der Waals surface area (Å²) in [5, 5.41) is 11.0. The second-order valence-corrected chi connectivity index (χ2v) is 3.84. The van der Waals surface area contributed by atoms with E-state index < -0.39 is 6.03 Å². The Hall–Kier alpha value is -1.14. The molecule has 1 aliphatic rings. The minimum Gasteiger partial charge on any atom is -0.396 e. The van der Waals surface area contributed by atoms with Crippen LogP contribution in [0.3, 0.4) is 0 Å². The molecule has 0 aromatic heterocycles. The molecular weight excluding hydrogens is 198 g/mol. The third-order valence-corrected chi connectivity index (χ3v) is 2.49. The van der Waals surface area contributed by atoms with Gasteiger partial charge in [0.25, 0.3) is 0 Å². The van der Waals surface area contributed by atoms with Crippen molar-refractivity contribution in [1.82, 2.24) is 10.2 Å². The van der Waals surface area contributed by atoms with Crippen molar-refractivity contribution in [1.29, 1.82) is 0 Å². The van der Waals surface area contributed by atoms with Gasteiger partial charge in [-0.05, 0) is 25.3 Å². The topological polar surface area (TPSA) is 95.7 Å². The number of nitrogens with zero attached hydrogens (tertiary/aromatic N) is 1. The molecular formula is C9H17N3O3. The van der Waals surface area contributed by atoms with E-state index in [-0.39, 0.29) is 25.0 Å². The van der Waals surface area contributed by atoms with Crippen molar-refractivity contribution in [2.75, 3.05) is 26.2 Å². The molecule has 1 atom stereocenters. The zero-order valence-corrected chi connectivity index (χ0v) is 8.61. The number of carbonyl (C=O) groups excluding carboxylic acids is 2. The lowest BCUT2D eigenvalue weighted by molar-refractivity contribution is -0.121. The van der Waals surface area contributed by atoms with Crippen molar-refractivity contribution in [2.45, 2.75) is 12.8 Å². The van der Waals surface area contributed by atoms with Gasteiger partial charge < -0.3 is 10.8 Å². The van der Waals surface area contributed by atoms with Gasteiger partial charge >= 0.3 is 6.03 Å². The SMILES string of the molecule is NC(=O)NC(=O)CN1CCCC(CO)C1. The Morgan fingerprint density at radius 1 is 1.53 bits per heavy atom. The van der Waals surface area contributed by atoms with Gasteiger partial charge in [-0.1, -0.05) is 0 Å². The van der Waals surface area contributed by atoms with Gasteiger partial charge in [0, 0.05) is 13.2 Å². The quantitative estimate of drug-likeness (QED) is 0.556. The number of nitrogens with two attached hydrogens (primary N) is 1. The van der Waals surface area contributed by atoms with Crippen molar-refractivity contribution in [3.05, 3.63) is 0 Å². The first kappa shape index (κ1) is 11.9. The third kappa shape index (κ3) is 4.26. The number of primary amides is 1. The predicted molar refractivity (Wildman–Crippen MR) is 54.0 cm³/mol. The van der Waals surface area contributed by atoms with Gasteiger partial charge in [-0.3, -0.25) is 15.0 Å². The highest BCUT2D eigenvalue weighted by Crippen LogP contribution is 2.14. The summed E-state index contributed by atoms with van der Waals surface area (Å²) in [7, 11) is 0. The second kappa shape index (κ2) is 5.67. The van der Waals surface area contributed by atoms with Crippen LogP contribution in [0.25, 0.3) is 0 Å². The molecule has 1 aliphatic heterocycles. The minimum absolute atomic E-state index is 0.147. The Kier molecular flexibility index (Phi) is 4.51. The Bertz CT molecular complexity index is 245. The van der Waals surface area contributed by atoms with E-state index in [0.717, 1.165) is 19.4 Å². The van der Waals surface area contributed by atoms with E-state index in [0.29, 0.717) is 6.54 Å². The van der Waals surface area contributed by atoms with E-state index in [1.165, 1.54) is 0 Å². The molecule has 1 fully saturated rings. The molecule has 0 radical (unpaired) electrons. The van der Waals surface area contributed by atoms with E-state index in [2.05, 4.69) is 0 Å². The van der Waals surface area contributed by atoms with Gasteiger partial charge in [0.15, 0.2) is 0 Å². The van der Waals surface area contributed by atoms with E-state index in [1.54, 1.807) is 0 Å². The average molecular weight is 215 g/mol. The number of hydrogen-bond acceptors (Lipinski definition) is 4. The highest BCUT2D eigenvalue weighted by molar-refractivity contribution is 5.94. The largest absolute Gasteiger partial charge is 0.396 e. The standard InChI is InChI=1S/C9H17N3O3/c10-9(15)11-8(14)5-12-3-1-2-7(4-12)6-13/h7,13H,1-6H2,(H3,10,11,14,15). The van der Waals surface area contributed by atoms with E-state index in [1.807, 2.05) is 10.2 Å². The Morgan fingerprint density at radius 3 is 2.87 bits per heavy atom. The van der Waals surface area contributed by atoms with Crippen molar-refractivity contribution >= 4 is 11.9 Å². The van der Waals surface area contributed by atoms with Crippen LogP contribution < -0.4 is 11.1 Å². The molecule has 86 valence electrons. The molecule has 0 aromatic carbocycles. The Labute approximate surface area is 88.4 Å². The lowest BCUT2D eigenvalue weighted by Gasteiger charge is -2.30. The van der Waals surface area contributed by atoms with E-state index >= 15 is 0 Å². The van der Waals surface area contributed by atoms with Gasteiger partial charge in [0.1, 0.15) is 0 Å². The Balaban J connectivity index is 2.31. The molecule has 0 saturated carbocycles. The van der Waals surface area contributed by atoms with Crippen molar-refractivity contribution < 1.29 is 14.7 Å².